The predicted octanol–water partition coefficient (Wildman–Crippen LogP) is 3.52. The Morgan fingerprint density at radius 1 is 1.38 bits per heavy atom. The summed E-state index contributed by atoms with van der Waals surface area (Å²) in [5.41, 5.74) is 1.50. The molecule has 0 fully saturated rings. The summed E-state index contributed by atoms with van der Waals surface area (Å²) < 4.78 is 2.31. The van der Waals surface area contributed by atoms with Crippen molar-refractivity contribution in [3.8, 4) is 0 Å². The van der Waals surface area contributed by atoms with Gasteiger partial charge in [-0.15, -0.1) is 11.8 Å². The van der Waals surface area contributed by atoms with E-state index in [4.69, 9.17) is 0 Å². The third-order valence-electron chi connectivity index (χ3n) is 3.85. The molecule has 1 atom stereocenters. The largest absolute Gasteiger partial charge is 0.333 e. The monoisotopic (exact) mass is 301 g/mol. The van der Waals surface area contributed by atoms with E-state index in [1.807, 2.05) is 18.0 Å². The number of hydrogen-bond donors (Lipinski definition) is 1. The second-order valence-corrected chi connectivity index (χ2v) is 7.13. The summed E-state index contributed by atoms with van der Waals surface area (Å²) in [5, 5.41) is 3.48. The summed E-state index contributed by atoms with van der Waals surface area (Å²) in [6.45, 7) is 7.38. The van der Waals surface area contributed by atoms with Crippen molar-refractivity contribution in [1.29, 1.82) is 0 Å². The molecule has 1 aromatic heterocycles. The molecule has 1 unspecified atom stereocenters. The van der Waals surface area contributed by atoms with Crippen LogP contribution in [0, 0.1) is 5.92 Å². The molecule has 0 spiro atoms. The minimum atomic E-state index is 0.601. The first kappa shape index (κ1) is 14.7. The maximum Gasteiger partial charge on any atom is 0.122 e. The van der Waals surface area contributed by atoms with E-state index in [9.17, 15) is 0 Å². The van der Waals surface area contributed by atoms with E-state index in [-0.39, 0.29) is 0 Å². The van der Waals surface area contributed by atoms with Crippen LogP contribution in [-0.4, -0.2) is 21.8 Å². The highest BCUT2D eigenvalue weighted by Crippen LogP contribution is 2.40. The summed E-state index contributed by atoms with van der Waals surface area (Å²) in [6, 6.07) is 8.79. The summed E-state index contributed by atoms with van der Waals surface area (Å²) in [6.07, 6.45) is 4.03. The molecule has 0 amide bonds. The number of aromatic nitrogens is 2. The van der Waals surface area contributed by atoms with Crippen molar-refractivity contribution in [3.05, 3.63) is 48.0 Å². The molecule has 0 saturated heterocycles. The Bertz CT molecular complexity index is 591. The molecule has 2 heterocycles. The highest BCUT2D eigenvalue weighted by molar-refractivity contribution is 7.99. The molecule has 1 aromatic carbocycles. The number of rotatable bonds is 6. The van der Waals surface area contributed by atoms with E-state index < -0.39 is 0 Å². The van der Waals surface area contributed by atoms with Crippen molar-refractivity contribution in [2.24, 2.45) is 5.92 Å². The van der Waals surface area contributed by atoms with Gasteiger partial charge < -0.3 is 9.88 Å². The lowest BCUT2D eigenvalue weighted by Crippen LogP contribution is -2.22. The molecule has 0 saturated carbocycles. The maximum atomic E-state index is 4.50. The molecular formula is C17H23N3S. The minimum absolute atomic E-state index is 0.601. The third kappa shape index (κ3) is 3.50. The van der Waals surface area contributed by atoms with Crippen molar-refractivity contribution in [1.82, 2.24) is 14.9 Å². The standard InChI is InChI=1S/C17H23N3S/c1-13(2)9-18-10-17-19-7-8-20(17)11-14-12-21-16-6-4-3-5-15(14)16/h3-8,13-14,18H,9-12H2,1-2H3. The van der Waals surface area contributed by atoms with Gasteiger partial charge in [-0.2, -0.15) is 0 Å². The second kappa shape index (κ2) is 6.67. The topological polar surface area (TPSA) is 29.9 Å². The fraction of sp³-hybridized carbons (Fsp3) is 0.471. The van der Waals surface area contributed by atoms with Crippen LogP contribution in [0.1, 0.15) is 31.2 Å². The van der Waals surface area contributed by atoms with Gasteiger partial charge in [-0.1, -0.05) is 32.0 Å². The Kier molecular flexibility index (Phi) is 4.66. The molecular weight excluding hydrogens is 278 g/mol. The average Bonchev–Trinajstić information content (AvgIpc) is 3.07. The Morgan fingerprint density at radius 2 is 2.24 bits per heavy atom. The van der Waals surface area contributed by atoms with Crippen LogP contribution in [0.4, 0.5) is 0 Å². The fourth-order valence-corrected chi connectivity index (χ4v) is 4.01. The van der Waals surface area contributed by atoms with Crippen LogP contribution in [0.3, 0.4) is 0 Å². The van der Waals surface area contributed by atoms with Crippen LogP contribution >= 0.6 is 11.8 Å². The first-order chi connectivity index (χ1) is 10.2. The van der Waals surface area contributed by atoms with E-state index in [2.05, 4.69) is 59.2 Å². The zero-order valence-corrected chi connectivity index (χ0v) is 13.6. The first-order valence-electron chi connectivity index (χ1n) is 7.66. The van der Waals surface area contributed by atoms with E-state index in [0.29, 0.717) is 11.8 Å². The van der Waals surface area contributed by atoms with Gasteiger partial charge in [0.25, 0.3) is 0 Å². The van der Waals surface area contributed by atoms with E-state index in [1.165, 1.54) is 16.2 Å². The molecule has 3 nitrogen and oxygen atoms in total. The molecule has 21 heavy (non-hydrogen) atoms. The van der Waals surface area contributed by atoms with Gasteiger partial charge in [0.1, 0.15) is 5.82 Å². The van der Waals surface area contributed by atoms with E-state index in [0.717, 1.165) is 25.5 Å². The molecule has 4 heteroatoms. The van der Waals surface area contributed by atoms with Crippen molar-refractivity contribution in [2.75, 3.05) is 12.3 Å². The number of fused-ring (bicyclic) bond motifs is 1. The molecule has 0 aliphatic carbocycles. The molecule has 1 N–H and O–H groups in total. The maximum absolute atomic E-state index is 4.50. The highest BCUT2D eigenvalue weighted by Gasteiger charge is 2.23. The Morgan fingerprint density at radius 3 is 3.10 bits per heavy atom. The number of thioether (sulfide) groups is 1. The predicted molar refractivity (Wildman–Crippen MR) is 88.7 cm³/mol. The molecule has 0 bridgehead atoms. The smallest absolute Gasteiger partial charge is 0.122 e. The van der Waals surface area contributed by atoms with Gasteiger partial charge in [-0.05, 0) is 24.1 Å². The van der Waals surface area contributed by atoms with Crippen molar-refractivity contribution in [3.63, 3.8) is 0 Å². The van der Waals surface area contributed by atoms with Gasteiger partial charge in [0.2, 0.25) is 0 Å². The fourth-order valence-electron chi connectivity index (χ4n) is 2.76. The van der Waals surface area contributed by atoms with Gasteiger partial charge in [-0.25, -0.2) is 4.98 Å². The lowest BCUT2D eigenvalue weighted by Gasteiger charge is -2.15. The Hall–Kier alpha value is -1.26. The van der Waals surface area contributed by atoms with Gasteiger partial charge in [0.15, 0.2) is 0 Å². The van der Waals surface area contributed by atoms with Crippen LogP contribution in [0.5, 0.6) is 0 Å². The Labute approximate surface area is 131 Å². The van der Waals surface area contributed by atoms with Crippen LogP contribution < -0.4 is 5.32 Å². The van der Waals surface area contributed by atoms with Crippen molar-refractivity contribution < 1.29 is 0 Å². The quantitative estimate of drug-likeness (QED) is 0.885. The zero-order valence-electron chi connectivity index (χ0n) is 12.7. The lowest BCUT2D eigenvalue weighted by atomic mass is 10.0. The van der Waals surface area contributed by atoms with Crippen LogP contribution in [0.2, 0.25) is 0 Å². The third-order valence-corrected chi connectivity index (χ3v) is 5.11. The summed E-state index contributed by atoms with van der Waals surface area (Å²) >= 11 is 1.98. The van der Waals surface area contributed by atoms with Crippen LogP contribution in [0.25, 0.3) is 0 Å². The SMILES string of the molecule is CC(C)CNCc1nccn1CC1CSc2ccccc21. The van der Waals surface area contributed by atoms with E-state index in [1.54, 1.807) is 0 Å². The van der Waals surface area contributed by atoms with E-state index >= 15 is 0 Å². The molecule has 0 radical (unpaired) electrons. The number of imidazole rings is 1. The number of nitrogens with zero attached hydrogens (tertiary/aromatic N) is 2. The molecule has 1 aliphatic heterocycles. The summed E-state index contributed by atoms with van der Waals surface area (Å²) in [7, 11) is 0. The van der Waals surface area contributed by atoms with Gasteiger partial charge in [-0.3, -0.25) is 0 Å². The first-order valence-corrected chi connectivity index (χ1v) is 8.65. The minimum Gasteiger partial charge on any atom is -0.333 e. The Balaban J connectivity index is 1.65. The number of nitrogens with one attached hydrogen (secondary N) is 1. The summed E-state index contributed by atoms with van der Waals surface area (Å²) in [5.74, 6) is 3.59. The van der Waals surface area contributed by atoms with Gasteiger partial charge >= 0.3 is 0 Å². The average molecular weight is 301 g/mol. The zero-order chi connectivity index (χ0) is 14.7. The second-order valence-electron chi connectivity index (χ2n) is 6.07. The van der Waals surface area contributed by atoms with Gasteiger partial charge in [0, 0.05) is 35.5 Å². The highest BCUT2D eigenvalue weighted by atomic mass is 32.2. The van der Waals surface area contributed by atoms with Crippen LogP contribution in [-0.2, 0) is 13.1 Å². The molecule has 1 aliphatic rings. The normalized spacial score (nSPS) is 17.4. The lowest BCUT2D eigenvalue weighted by molar-refractivity contribution is 0.515. The molecule has 2 aromatic rings. The van der Waals surface area contributed by atoms with Crippen molar-refractivity contribution >= 4 is 11.8 Å². The van der Waals surface area contributed by atoms with Crippen molar-refractivity contribution in [2.45, 2.75) is 37.8 Å². The molecule has 112 valence electrons. The van der Waals surface area contributed by atoms with Gasteiger partial charge in [0.05, 0.1) is 6.54 Å². The summed E-state index contributed by atoms with van der Waals surface area (Å²) in [4.78, 5) is 5.95. The van der Waals surface area contributed by atoms with Crippen LogP contribution in [0.15, 0.2) is 41.6 Å². The number of benzene rings is 1. The molecule has 3 rings (SSSR count). The number of hydrogen-bond acceptors (Lipinski definition) is 3.